The first-order valence-electron chi connectivity index (χ1n) is 7.32. The van der Waals surface area contributed by atoms with E-state index in [-0.39, 0.29) is 23.8 Å². The Labute approximate surface area is 125 Å². The second-order valence-electron chi connectivity index (χ2n) is 5.63. The fourth-order valence-electron chi connectivity index (χ4n) is 2.60. The first-order chi connectivity index (χ1) is 9.97. The Bertz CT molecular complexity index is 520. The predicted octanol–water partition coefficient (Wildman–Crippen LogP) is 2.51. The summed E-state index contributed by atoms with van der Waals surface area (Å²) in [6, 6.07) is 6.79. The minimum Gasteiger partial charge on any atom is -0.393 e. The van der Waals surface area contributed by atoms with Gasteiger partial charge in [-0.1, -0.05) is 12.1 Å². The van der Waals surface area contributed by atoms with Gasteiger partial charge < -0.3 is 15.3 Å². The number of benzene rings is 1. The van der Waals surface area contributed by atoms with E-state index in [1.54, 1.807) is 36.1 Å². The van der Waals surface area contributed by atoms with Gasteiger partial charge in [0.2, 0.25) is 0 Å². The first kappa shape index (κ1) is 15.5. The number of anilines is 1. The lowest BCUT2D eigenvalue weighted by molar-refractivity contribution is 0.0820. The highest BCUT2D eigenvalue weighted by molar-refractivity contribution is 5.96. The number of likely N-dealkylation sites (tertiary alicyclic amines) is 1. The Morgan fingerprint density at radius 2 is 2.00 bits per heavy atom. The topological polar surface area (TPSA) is 69.6 Å². The average Bonchev–Trinajstić information content (AvgIpc) is 2.47. The van der Waals surface area contributed by atoms with Crippen molar-refractivity contribution < 1.29 is 14.7 Å². The van der Waals surface area contributed by atoms with Gasteiger partial charge in [-0.05, 0) is 44.7 Å². The minimum atomic E-state index is -0.317. The highest BCUT2D eigenvalue weighted by Gasteiger charge is 2.25. The van der Waals surface area contributed by atoms with Crippen LogP contribution in [0.25, 0.3) is 0 Å². The fourth-order valence-corrected chi connectivity index (χ4v) is 2.60. The van der Waals surface area contributed by atoms with Gasteiger partial charge in [-0.2, -0.15) is 0 Å². The average molecular weight is 290 g/mol. The summed E-state index contributed by atoms with van der Waals surface area (Å²) in [6.45, 7) is 4.59. The van der Waals surface area contributed by atoms with Crippen LogP contribution >= 0.6 is 0 Å². The van der Waals surface area contributed by atoms with E-state index in [4.69, 9.17) is 0 Å². The van der Waals surface area contributed by atoms with Crippen molar-refractivity contribution in [3.8, 4) is 0 Å². The zero-order valence-corrected chi connectivity index (χ0v) is 12.5. The van der Waals surface area contributed by atoms with Gasteiger partial charge in [0.25, 0.3) is 0 Å². The monoisotopic (exact) mass is 290 g/mol. The van der Waals surface area contributed by atoms with Crippen LogP contribution < -0.4 is 5.32 Å². The maximum Gasteiger partial charge on any atom is 0.321 e. The maximum absolute atomic E-state index is 12.2. The number of ketones is 1. The molecule has 2 amide bonds. The molecule has 21 heavy (non-hydrogen) atoms. The molecule has 1 aromatic carbocycles. The lowest BCUT2D eigenvalue weighted by Gasteiger charge is -2.33. The van der Waals surface area contributed by atoms with Crippen molar-refractivity contribution in [2.24, 2.45) is 5.92 Å². The molecule has 5 heteroatoms. The van der Waals surface area contributed by atoms with Gasteiger partial charge in [0.1, 0.15) is 0 Å². The molecule has 114 valence electrons. The smallest absolute Gasteiger partial charge is 0.321 e. The van der Waals surface area contributed by atoms with E-state index in [1.807, 2.05) is 0 Å². The van der Waals surface area contributed by atoms with Crippen LogP contribution in [0.15, 0.2) is 24.3 Å². The van der Waals surface area contributed by atoms with Crippen LogP contribution in [-0.4, -0.2) is 41.0 Å². The predicted molar refractivity (Wildman–Crippen MR) is 81.4 cm³/mol. The summed E-state index contributed by atoms with van der Waals surface area (Å²) in [5.41, 5.74) is 1.21. The molecular formula is C16H22N2O3. The molecule has 0 bridgehead atoms. The zero-order valence-electron chi connectivity index (χ0n) is 12.5. The summed E-state index contributed by atoms with van der Waals surface area (Å²) < 4.78 is 0. The molecule has 1 aliphatic rings. The van der Waals surface area contributed by atoms with Crippen LogP contribution in [0.5, 0.6) is 0 Å². The summed E-state index contributed by atoms with van der Waals surface area (Å²) >= 11 is 0. The second kappa shape index (κ2) is 6.72. The molecule has 1 atom stereocenters. The number of aliphatic hydroxyl groups excluding tert-OH is 1. The van der Waals surface area contributed by atoms with E-state index >= 15 is 0 Å². The molecule has 1 saturated heterocycles. The zero-order chi connectivity index (χ0) is 15.4. The molecule has 0 saturated carbocycles. The van der Waals surface area contributed by atoms with Crippen LogP contribution in [0, 0.1) is 5.92 Å². The number of nitrogens with one attached hydrogen (secondary N) is 1. The number of carbonyl (C=O) groups is 2. The van der Waals surface area contributed by atoms with Crippen molar-refractivity contribution in [3.05, 3.63) is 29.8 Å². The van der Waals surface area contributed by atoms with E-state index in [2.05, 4.69) is 5.32 Å². The van der Waals surface area contributed by atoms with Crippen molar-refractivity contribution in [1.29, 1.82) is 0 Å². The normalized spacial score (nSPS) is 17.4. The number of urea groups is 1. The number of hydrogen-bond donors (Lipinski definition) is 2. The molecule has 0 aliphatic carbocycles. The molecule has 1 unspecified atom stereocenters. The van der Waals surface area contributed by atoms with E-state index in [0.29, 0.717) is 24.3 Å². The molecule has 1 aliphatic heterocycles. The van der Waals surface area contributed by atoms with Crippen LogP contribution in [0.2, 0.25) is 0 Å². The molecule has 2 N–H and O–H groups in total. The number of aliphatic hydroxyl groups is 1. The summed E-state index contributed by atoms with van der Waals surface area (Å²) in [6.07, 6.45) is 1.32. The second-order valence-corrected chi connectivity index (χ2v) is 5.63. The summed E-state index contributed by atoms with van der Waals surface area (Å²) in [7, 11) is 0. The molecule has 2 rings (SSSR count). The first-order valence-corrected chi connectivity index (χ1v) is 7.32. The molecule has 1 aromatic rings. The Morgan fingerprint density at radius 3 is 2.57 bits per heavy atom. The molecular weight excluding hydrogens is 268 g/mol. The fraction of sp³-hybridized carbons (Fsp3) is 0.500. The van der Waals surface area contributed by atoms with Crippen LogP contribution in [0.3, 0.4) is 0 Å². The Morgan fingerprint density at radius 1 is 1.33 bits per heavy atom. The van der Waals surface area contributed by atoms with Crippen molar-refractivity contribution in [2.45, 2.75) is 32.8 Å². The lowest BCUT2D eigenvalue weighted by Crippen LogP contribution is -2.42. The third kappa shape index (κ3) is 4.04. The molecule has 1 heterocycles. The van der Waals surface area contributed by atoms with E-state index in [9.17, 15) is 14.7 Å². The van der Waals surface area contributed by atoms with E-state index in [0.717, 1.165) is 12.8 Å². The van der Waals surface area contributed by atoms with Gasteiger partial charge in [0.05, 0.1) is 6.10 Å². The highest BCUT2D eigenvalue weighted by Crippen LogP contribution is 2.21. The largest absolute Gasteiger partial charge is 0.393 e. The third-order valence-corrected chi connectivity index (χ3v) is 4.03. The van der Waals surface area contributed by atoms with Crippen LogP contribution in [-0.2, 0) is 0 Å². The van der Waals surface area contributed by atoms with Gasteiger partial charge in [-0.3, -0.25) is 4.79 Å². The summed E-state index contributed by atoms with van der Waals surface area (Å²) in [5.74, 6) is 0.249. The van der Waals surface area contributed by atoms with E-state index in [1.165, 1.54) is 6.92 Å². The third-order valence-electron chi connectivity index (χ3n) is 4.03. The van der Waals surface area contributed by atoms with Crippen molar-refractivity contribution in [2.75, 3.05) is 18.4 Å². The number of amides is 2. The Kier molecular flexibility index (Phi) is 4.96. The molecule has 0 aromatic heterocycles. The number of rotatable bonds is 3. The Hall–Kier alpha value is -1.88. The lowest BCUT2D eigenvalue weighted by atomic mass is 9.92. The van der Waals surface area contributed by atoms with E-state index < -0.39 is 0 Å². The molecule has 5 nitrogen and oxygen atoms in total. The molecule has 1 fully saturated rings. The SMILES string of the molecule is CC(=O)c1cccc(NC(=O)N2CCC(C(C)O)CC2)c1. The molecule has 0 spiro atoms. The quantitative estimate of drug-likeness (QED) is 0.840. The standard InChI is InChI=1S/C16H22N2O3/c1-11(19)13-6-8-18(9-7-13)16(21)17-15-5-3-4-14(10-15)12(2)20/h3-5,10-11,13,19H,6-9H2,1-2H3,(H,17,21). The number of hydrogen-bond acceptors (Lipinski definition) is 3. The van der Waals surface area contributed by atoms with Gasteiger partial charge >= 0.3 is 6.03 Å². The highest BCUT2D eigenvalue weighted by atomic mass is 16.3. The molecule has 0 radical (unpaired) electrons. The minimum absolute atomic E-state index is 0.0242. The number of Topliss-reactive ketones (excluding diaryl/α,β-unsaturated/α-hetero) is 1. The van der Waals surface area contributed by atoms with Crippen molar-refractivity contribution in [1.82, 2.24) is 4.90 Å². The number of piperidine rings is 1. The van der Waals surface area contributed by atoms with Gasteiger partial charge in [0.15, 0.2) is 5.78 Å². The van der Waals surface area contributed by atoms with Gasteiger partial charge in [-0.25, -0.2) is 4.79 Å². The maximum atomic E-state index is 12.2. The summed E-state index contributed by atoms with van der Waals surface area (Å²) in [4.78, 5) is 25.3. The van der Waals surface area contributed by atoms with Crippen LogP contribution in [0.1, 0.15) is 37.0 Å². The number of carbonyl (C=O) groups excluding carboxylic acids is 2. The van der Waals surface area contributed by atoms with Gasteiger partial charge in [0, 0.05) is 24.3 Å². The summed E-state index contributed by atoms with van der Waals surface area (Å²) in [5, 5.41) is 12.4. The number of nitrogens with zero attached hydrogens (tertiary/aromatic N) is 1. The van der Waals surface area contributed by atoms with Crippen molar-refractivity contribution >= 4 is 17.5 Å². The van der Waals surface area contributed by atoms with Gasteiger partial charge in [-0.15, -0.1) is 0 Å². The Balaban J connectivity index is 1.93. The van der Waals surface area contributed by atoms with Crippen LogP contribution in [0.4, 0.5) is 10.5 Å². The van der Waals surface area contributed by atoms with Crippen molar-refractivity contribution in [3.63, 3.8) is 0 Å².